The summed E-state index contributed by atoms with van der Waals surface area (Å²) in [6.07, 6.45) is 18.1. The number of ether oxygens (including phenoxy) is 3. The lowest BCUT2D eigenvalue weighted by molar-refractivity contribution is -0.143. The third kappa shape index (κ3) is 18.9. The Balaban J connectivity index is 0.000000228. The van der Waals surface area contributed by atoms with Gasteiger partial charge in [-0.25, -0.2) is 0 Å². The zero-order valence-corrected chi connectivity index (χ0v) is 40.7. The summed E-state index contributed by atoms with van der Waals surface area (Å²) >= 11 is 3.22. The van der Waals surface area contributed by atoms with Crippen LogP contribution in [0.3, 0.4) is 0 Å². The second-order valence-corrected chi connectivity index (χ2v) is 21.1. The molecule has 6 rings (SSSR count). The van der Waals surface area contributed by atoms with Crippen molar-refractivity contribution in [3.63, 3.8) is 0 Å². The monoisotopic (exact) mass is 911 g/mol. The number of halogens is 1. The molecule has 2 aliphatic heterocycles. The minimum atomic E-state index is -0.693. The van der Waals surface area contributed by atoms with Crippen molar-refractivity contribution in [2.24, 2.45) is 22.7 Å². The van der Waals surface area contributed by atoms with Crippen molar-refractivity contribution in [3.8, 4) is 11.5 Å². The number of likely N-dealkylation sites (tertiary alicyclic amines) is 1. The van der Waals surface area contributed by atoms with Crippen LogP contribution >= 0.6 is 15.9 Å². The second kappa shape index (κ2) is 26.2. The van der Waals surface area contributed by atoms with Crippen molar-refractivity contribution >= 4 is 27.9 Å². The number of rotatable bonds is 14. The summed E-state index contributed by atoms with van der Waals surface area (Å²) < 4.78 is 17.2. The molecule has 2 atom stereocenters. The molecule has 0 amide bonds. The highest BCUT2D eigenvalue weighted by molar-refractivity contribution is 9.09. The van der Waals surface area contributed by atoms with Gasteiger partial charge in [0.2, 0.25) is 0 Å². The highest BCUT2D eigenvalue weighted by atomic mass is 79.9. The van der Waals surface area contributed by atoms with Gasteiger partial charge in [0.1, 0.15) is 11.5 Å². The highest BCUT2D eigenvalue weighted by Gasteiger charge is 2.32. The number of piperidine rings is 2. The summed E-state index contributed by atoms with van der Waals surface area (Å²) in [5.74, 6) is 4.15. The molecule has 61 heavy (non-hydrogen) atoms. The maximum absolute atomic E-state index is 10.7. The third-order valence-corrected chi connectivity index (χ3v) is 14.2. The van der Waals surface area contributed by atoms with E-state index in [1.165, 1.54) is 81.9 Å². The first-order valence-corrected chi connectivity index (χ1v) is 25.2. The number of carbonyl (C=O) groups is 2. The van der Waals surface area contributed by atoms with E-state index in [2.05, 4.69) is 121 Å². The van der Waals surface area contributed by atoms with Crippen molar-refractivity contribution in [2.45, 2.75) is 175 Å². The Labute approximate surface area is 379 Å². The van der Waals surface area contributed by atoms with Gasteiger partial charge >= 0.3 is 11.9 Å². The summed E-state index contributed by atoms with van der Waals surface area (Å²) in [5, 5.41) is 13.2. The maximum Gasteiger partial charge on any atom is 0.305 e. The number of esters is 1. The molecule has 4 fully saturated rings. The van der Waals surface area contributed by atoms with E-state index in [0.717, 1.165) is 80.5 Å². The van der Waals surface area contributed by atoms with E-state index >= 15 is 0 Å². The van der Waals surface area contributed by atoms with Crippen LogP contribution in [0.4, 0.5) is 0 Å². The van der Waals surface area contributed by atoms with E-state index in [4.69, 9.17) is 14.6 Å². The van der Waals surface area contributed by atoms with Crippen LogP contribution in [0.1, 0.15) is 174 Å². The summed E-state index contributed by atoms with van der Waals surface area (Å²) in [7, 11) is 0. The van der Waals surface area contributed by atoms with Gasteiger partial charge in [-0.1, -0.05) is 81.7 Å². The van der Waals surface area contributed by atoms with Gasteiger partial charge in [-0.2, -0.15) is 0 Å². The van der Waals surface area contributed by atoms with Crippen LogP contribution < -0.4 is 14.8 Å². The molecule has 2 saturated heterocycles. The first-order chi connectivity index (χ1) is 29.1. The minimum Gasteiger partial charge on any atom is -0.490 e. The molecule has 2 N–H and O–H groups in total. The molecule has 0 bridgehead atoms. The molecule has 2 unspecified atom stereocenters. The fourth-order valence-corrected chi connectivity index (χ4v) is 9.96. The Morgan fingerprint density at radius 2 is 1.21 bits per heavy atom. The number of nitrogens with one attached hydrogen (secondary N) is 1. The summed E-state index contributed by atoms with van der Waals surface area (Å²) in [6, 6.07) is 17.7. The molecule has 2 heterocycles. The molecule has 0 spiro atoms. The molecule has 4 aliphatic rings. The van der Waals surface area contributed by atoms with Crippen LogP contribution in [0, 0.1) is 22.7 Å². The molecular formula is C52H83BrN2O6. The summed E-state index contributed by atoms with van der Waals surface area (Å²) in [5.41, 5.74) is 3.70. The lowest BCUT2D eigenvalue weighted by atomic mass is 9.72. The van der Waals surface area contributed by atoms with Crippen LogP contribution in [0.5, 0.6) is 11.5 Å². The summed E-state index contributed by atoms with van der Waals surface area (Å²) in [4.78, 5) is 23.7. The minimum absolute atomic E-state index is 0.100. The van der Waals surface area contributed by atoms with Crippen molar-refractivity contribution in [1.82, 2.24) is 10.2 Å². The van der Waals surface area contributed by atoms with Gasteiger partial charge in [0.15, 0.2) is 0 Å². The lowest BCUT2D eigenvalue weighted by Gasteiger charge is -2.37. The Morgan fingerprint density at radius 1 is 0.705 bits per heavy atom. The van der Waals surface area contributed by atoms with E-state index in [0.29, 0.717) is 47.9 Å². The molecule has 344 valence electrons. The SMILES string of the molecule is CC(C)(C)C1CCC(Oc2ccc(C3CCCN(CCCC(=O)O)C3)cc2)CC1.CC(C)(C)C1CCC(Oc2ccc(C3CCCNC3)cc2)CC1.CCOC(=O)CCCBr. The number of aliphatic carboxylic acids is 1. The Hall–Kier alpha value is -2.62. The molecule has 2 saturated carbocycles. The zero-order valence-electron chi connectivity index (χ0n) is 39.2. The molecule has 8 nitrogen and oxygen atoms in total. The van der Waals surface area contributed by atoms with Crippen LogP contribution in [-0.2, 0) is 14.3 Å². The Kier molecular flexibility index (Phi) is 21.9. The van der Waals surface area contributed by atoms with Crippen LogP contribution in [0.2, 0.25) is 0 Å². The van der Waals surface area contributed by atoms with Gasteiger partial charge in [-0.15, -0.1) is 0 Å². The number of hydrogen-bond acceptors (Lipinski definition) is 7. The van der Waals surface area contributed by atoms with E-state index in [1.54, 1.807) is 0 Å². The zero-order chi connectivity index (χ0) is 44.3. The van der Waals surface area contributed by atoms with Gasteiger partial charge in [0.05, 0.1) is 18.8 Å². The number of hydrogen-bond donors (Lipinski definition) is 2. The lowest BCUT2D eigenvalue weighted by Crippen LogP contribution is -2.35. The van der Waals surface area contributed by atoms with Crippen molar-refractivity contribution in [2.75, 3.05) is 44.7 Å². The largest absolute Gasteiger partial charge is 0.490 e. The third-order valence-electron chi connectivity index (χ3n) is 13.6. The molecule has 9 heteroatoms. The number of carboxylic acids is 1. The van der Waals surface area contributed by atoms with E-state index in [9.17, 15) is 9.59 Å². The smallest absolute Gasteiger partial charge is 0.305 e. The molecule has 2 aromatic carbocycles. The van der Waals surface area contributed by atoms with Crippen LogP contribution in [0.15, 0.2) is 48.5 Å². The van der Waals surface area contributed by atoms with Crippen molar-refractivity contribution in [1.29, 1.82) is 0 Å². The Bertz CT molecular complexity index is 1510. The van der Waals surface area contributed by atoms with Crippen molar-refractivity contribution in [3.05, 3.63) is 59.7 Å². The fourth-order valence-electron chi connectivity index (χ4n) is 9.68. The number of alkyl halides is 1. The molecule has 2 aliphatic carbocycles. The van der Waals surface area contributed by atoms with Gasteiger partial charge in [-0.05, 0) is 186 Å². The standard InChI is InChI=1S/C25H39NO3.C21H33NO.C6H11BrO2/c1-25(2,3)21-10-14-23(15-11-21)29-22-12-8-19(9-13-22)20-6-4-16-26(18-20)17-5-7-24(27)28;1-21(2,3)18-8-12-20(13-9-18)23-19-10-6-16(7-11-19)17-5-4-14-22-15-17;1-2-9-6(8)4-3-5-7/h8-9,12-13,20-21,23H,4-7,10-11,14-18H2,1-3H3,(H,27,28);6-7,10-11,17-18,20,22H,4-5,8-9,12-15H2,1-3H3;2-5H2,1H3. The first kappa shape index (κ1) is 51.0. The predicted molar refractivity (Wildman–Crippen MR) is 254 cm³/mol. The van der Waals surface area contributed by atoms with Crippen LogP contribution in [-0.4, -0.2) is 78.8 Å². The van der Waals surface area contributed by atoms with Crippen molar-refractivity contribution < 1.29 is 28.9 Å². The average Bonchev–Trinajstić information content (AvgIpc) is 3.24. The highest BCUT2D eigenvalue weighted by Crippen LogP contribution is 2.40. The van der Waals surface area contributed by atoms with E-state index < -0.39 is 5.97 Å². The quantitative estimate of drug-likeness (QED) is 0.143. The van der Waals surface area contributed by atoms with E-state index in [-0.39, 0.29) is 12.4 Å². The number of benzene rings is 2. The number of carboxylic acid groups (broad SMARTS) is 1. The normalized spacial score (nSPS) is 24.9. The predicted octanol–water partition coefficient (Wildman–Crippen LogP) is 12.6. The Morgan fingerprint density at radius 3 is 1.66 bits per heavy atom. The van der Waals surface area contributed by atoms with Gasteiger partial charge < -0.3 is 29.5 Å². The fraction of sp³-hybridized carbons (Fsp3) is 0.731. The summed E-state index contributed by atoms with van der Waals surface area (Å²) in [6.45, 7) is 21.8. The number of carbonyl (C=O) groups excluding carboxylic acids is 1. The van der Waals surface area contributed by atoms with Gasteiger partial charge in [0, 0.05) is 31.3 Å². The van der Waals surface area contributed by atoms with E-state index in [1.807, 2.05) is 6.92 Å². The van der Waals surface area contributed by atoms with Gasteiger partial charge in [-0.3, -0.25) is 9.59 Å². The first-order valence-electron chi connectivity index (χ1n) is 24.0. The topological polar surface area (TPSA) is 97.3 Å². The molecular weight excluding hydrogens is 828 g/mol. The molecule has 0 aromatic heterocycles. The molecule has 0 radical (unpaired) electrons. The second-order valence-electron chi connectivity index (χ2n) is 20.3. The van der Waals surface area contributed by atoms with Crippen LogP contribution in [0.25, 0.3) is 0 Å². The molecule has 2 aromatic rings. The average molecular weight is 912 g/mol. The number of nitrogens with zero attached hydrogens (tertiary/aromatic N) is 1. The van der Waals surface area contributed by atoms with Gasteiger partial charge in [0.25, 0.3) is 0 Å². The maximum atomic E-state index is 10.7.